The van der Waals surface area contributed by atoms with Crippen molar-refractivity contribution in [3.8, 4) is 5.82 Å². The molecule has 0 aliphatic carbocycles. The van der Waals surface area contributed by atoms with E-state index in [1.807, 2.05) is 13.8 Å². The third-order valence-electron chi connectivity index (χ3n) is 4.62. The third-order valence-corrected chi connectivity index (χ3v) is 4.62. The van der Waals surface area contributed by atoms with Gasteiger partial charge in [0, 0.05) is 25.3 Å². The van der Waals surface area contributed by atoms with Gasteiger partial charge in [0.2, 0.25) is 0 Å². The molecule has 0 radical (unpaired) electrons. The summed E-state index contributed by atoms with van der Waals surface area (Å²) in [7, 11) is 0. The van der Waals surface area contributed by atoms with E-state index < -0.39 is 11.7 Å². The SMILES string of the molecule is CC1(C)CN(C(=O)c2cn(-c3ccc(C(F)(F)F)cn3)nn2)CCC1N.Cl.Cl. The second kappa shape index (κ2) is 8.62. The number of alkyl halides is 3. The minimum absolute atomic E-state index is 0. The quantitative estimate of drug-likeness (QED) is 0.774. The summed E-state index contributed by atoms with van der Waals surface area (Å²) in [5.74, 6) is -0.145. The van der Waals surface area contributed by atoms with Gasteiger partial charge in [0.1, 0.15) is 0 Å². The van der Waals surface area contributed by atoms with Gasteiger partial charge in [-0.15, -0.1) is 29.9 Å². The van der Waals surface area contributed by atoms with Crippen LogP contribution in [-0.2, 0) is 6.18 Å². The highest BCUT2D eigenvalue weighted by atomic mass is 35.5. The number of hydrogen-bond acceptors (Lipinski definition) is 5. The van der Waals surface area contributed by atoms with Crippen molar-refractivity contribution in [2.24, 2.45) is 11.1 Å². The first-order chi connectivity index (χ1) is 12.1. The predicted octanol–water partition coefficient (Wildman–Crippen LogP) is 2.72. The van der Waals surface area contributed by atoms with E-state index in [1.54, 1.807) is 4.90 Å². The van der Waals surface area contributed by atoms with Gasteiger partial charge in [-0.05, 0) is 24.0 Å². The zero-order valence-corrected chi connectivity index (χ0v) is 16.8. The highest BCUT2D eigenvalue weighted by molar-refractivity contribution is 5.92. The van der Waals surface area contributed by atoms with Crippen LogP contribution < -0.4 is 5.73 Å². The van der Waals surface area contributed by atoms with Crippen molar-refractivity contribution in [1.29, 1.82) is 0 Å². The Morgan fingerprint density at radius 1 is 1.29 bits per heavy atom. The molecule has 156 valence electrons. The number of nitrogens with two attached hydrogens (primary N) is 1. The van der Waals surface area contributed by atoms with Gasteiger partial charge in [0.25, 0.3) is 5.91 Å². The molecule has 0 spiro atoms. The lowest BCUT2D eigenvalue weighted by Gasteiger charge is -2.42. The number of halogens is 5. The second-order valence-corrected chi connectivity index (χ2v) is 7.06. The van der Waals surface area contributed by atoms with E-state index in [4.69, 9.17) is 5.73 Å². The Balaban J connectivity index is 0.00000196. The molecule has 1 fully saturated rings. The van der Waals surface area contributed by atoms with Gasteiger partial charge in [-0.1, -0.05) is 19.1 Å². The first-order valence-electron chi connectivity index (χ1n) is 8.09. The maximum absolute atomic E-state index is 12.6. The first-order valence-corrected chi connectivity index (χ1v) is 8.09. The summed E-state index contributed by atoms with van der Waals surface area (Å²) in [6, 6.07) is 2.09. The summed E-state index contributed by atoms with van der Waals surface area (Å²) in [5.41, 5.74) is 5.12. The molecular weight excluding hydrogens is 420 g/mol. The minimum atomic E-state index is -4.46. The molecule has 3 heterocycles. The number of amides is 1. The Hall–Kier alpha value is -1.91. The van der Waals surface area contributed by atoms with Crippen LogP contribution in [0.1, 0.15) is 36.3 Å². The summed E-state index contributed by atoms with van der Waals surface area (Å²) in [6.45, 7) is 5.02. The standard InChI is InChI=1S/C16H19F3N6O.2ClH/c1-15(2)9-24(6-5-12(15)20)14(26)11-8-25(23-22-11)13-4-3-10(7-21-13)16(17,18)19;;/h3-4,7-8,12H,5-6,9,20H2,1-2H3;2*1H. The van der Waals surface area contributed by atoms with Crippen LogP contribution in [0.4, 0.5) is 13.2 Å². The van der Waals surface area contributed by atoms with Crippen LogP contribution in [0.25, 0.3) is 5.82 Å². The molecule has 2 aromatic rings. The van der Waals surface area contributed by atoms with Crippen LogP contribution in [0.2, 0.25) is 0 Å². The Morgan fingerprint density at radius 2 is 1.96 bits per heavy atom. The number of likely N-dealkylation sites (tertiary alicyclic amines) is 1. The lowest BCUT2D eigenvalue weighted by molar-refractivity contribution is -0.137. The van der Waals surface area contributed by atoms with Crippen LogP contribution in [0.3, 0.4) is 0 Å². The number of pyridine rings is 1. The number of carbonyl (C=O) groups is 1. The van der Waals surface area contributed by atoms with Crippen LogP contribution in [0.15, 0.2) is 24.5 Å². The van der Waals surface area contributed by atoms with E-state index in [0.29, 0.717) is 25.7 Å². The zero-order valence-electron chi connectivity index (χ0n) is 15.2. The summed E-state index contributed by atoms with van der Waals surface area (Å²) in [5, 5.41) is 7.63. The summed E-state index contributed by atoms with van der Waals surface area (Å²) < 4.78 is 39.0. The average Bonchev–Trinajstić information content (AvgIpc) is 3.06. The summed E-state index contributed by atoms with van der Waals surface area (Å²) in [4.78, 5) is 18.0. The molecule has 3 rings (SSSR count). The molecule has 0 bridgehead atoms. The highest BCUT2D eigenvalue weighted by Gasteiger charge is 2.36. The molecule has 1 unspecified atom stereocenters. The Kier molecular flexibility index (Phi) is 7.43. The van der Waals surface area contributed by atoms with Crippen molar-refractivity contribution >= 4 is 30.7 Å². The van der Waals surface area contributed by atoms with Crippen LogP contribution >= 0.6 is 24.8 Å². The number of nitrogens with zero attached hydrogens (tertiary/aromatic N) is 5. The van der Waals surface area contributed by atoms with Crippen molar-refractivity contribution in [3.63, 3.8) is 0 Å². The predicted molar refractivity (Wildman–Crippen MR) is 101 cm³/mol. The average molecular weight is 441 g/mol. The molecule has 0 saturated carbocycles. The van der Waals surface area contributed by atoms with E-state index in [0.717, 1.165) is 6.07 Å². The van der Waals surface area contributed by atoms with Crippen molar-refractivity contribution in [2.75, 3.05) is 13.1 Å². The Labute approximate surface area is 172 Å². The highest BCUT2D eigenvalue weighted by Crippen LogP contribution is 2.29. The minimum Gasteiger partial charge on any atom is -0.337 e. The molecule has 1 saturated heterocycles. The fraction of sp³-hybridized carbons (Fsp3) is 0.500. The molecule has 1 aliphatic rings. The van der Waals surface area contributed by atoms with E-state index in [2.05, 4.69) is 15.3 Å². The Morgan fingerprint density at radius 3 is 2.50 bits per heavy atom. The van der Waals surface area contributed by atoms with Crippen LogP contribution in [0, 0.1) is 5.41 Å². The molecule has 1 amide bonds. The largest absolute Gasteiger partial charge is 0.417 e. The lowest BCUT2D eigenvalue weighted by atomic mass is 9.79. The van der Waals surface area contributed by atoms with Gasteiger partial charge in [-0.3, -0.25) is 4.79 Å². The monoisotopic (exact) mass is 440 g/mol. The maximum atomic E-state index is 12.6. The number of aromatic nitrogens is 4. The van der Waals surface area contributed by atoms with Crippen LogP contribution in [0.5, 0.6) is 0 Å². The van der Waals surface area contributed by atoms with Gasteiger partial charge in [0.15, 0.2) is 11.5 Å². The summed E-state index contributed by atoms with van der Waals surface area (Å²) >= 11 is 0. The maximum Gasteiger partial charge on any atom is 0.417 e. The third kappa shape index (κ3) is 4.92. The number of piperidine rings is 1. The zero-order chi connectivity index (χ0) is 19.1. The normalized spacial score (nSPS) is 18.8. The van der Waals surface area contributed by atoms with E-state index in [-0.39, 0.29) is 53.7 Å². The van der Waals surface area contributed by atoms with Crippen molar-refractivity contribution < 1.29 is 18.0 Å². The second-order valence-electron chi connectivity index (χ2n) is 7.06. The van der Waals surface area contributed by atoms with Crippen molar-refractivity contribution in [3.05, 3.63) is 35.8 Å². The van der Waals surface area contributed by atoms with Crippen LogP contribution in [-0.4, -0.2) is 49.9 Å². The van der Waals surface area contributed by atoms with Gasteiger partial charge >= 0.3 is 6.18 Å². The van der Waals surface area contributed by atoms with Gasteiger partial charge in [-0.2, -0.15) is 13.2 Å². The van der Waals surface area contributed by atoms with Crippen molar-refractivity contribution in [2.45, 2.75) is 32.5 Å². The molecule has 28 heavy (non-hydrogen) atoms. The van der Waals surface area contributed by atoms with Crippen molar-refractivity contribution in [1.82, 2.24) is 24.9 Å². The van der Waals surface area contributed by atoms with Gasteiger partial charge < -0.3 is 10.6 Å². The summed E-state index contributed by atoms with van der Waals surface area (Å²) in [6.07, 6.45) is -1.70. The van der Waals surface area contributed by atoms with Gasteiger partial charge in [-0.25, -0.2) is 9.67 Å². The number of rotatable bonds is 2. The van der Waals surface area contributed by atoms with E-state index >= 15 is 0 Å². The molecule has 0 aromatic carbocycles. The molecule has 1 atom stereocenters. The molecule has 1 aliphatic heterocycles. The van der Waals surface area contributed by atoms with E-state index in [1.165, 1.54) is 16.9 Å². The topological polar surface area (TPSA) is 89.9 Å². The van der Waals surface area contributed by atoms with Gasteiger partial charge in [0.05, 0.1) is 11.8 Å². The number of carbonyl (C=O) groups excluding carboxylic acids is 1. The smallest absolute Gasteiger partial charge is 0.337 e. The first kappa shape index (κ1) is 24.1. The number of hydrogen-bond donors (Lipinski definition) is 1. The molecule has 2 N–H and O–H groups in total. The fourth-order valence-electron chi connectivity index (χ4n) is 2.87. The molecular formula is C16H21Cl2F3N6O. The molecule has 7 nitrogen and oxygen atoms in total. The lowest BCUT2D eigenvalue weighted by Crippen LogP contribution is -2.54. The fourth-order valence-corrected chi connectivity index (χ4v) is 2.87. The van der Waals surface area contributed by atoms with E-state index in [9.17, 15) is 18.0 Å². The molecule has 2 aromatic heterocycles. The molecule has 12 heteroatoms. The Bertz CT molecular complexity index is 809.